The zero-order valence-electron chi connectivity index (χ0n) is 8.06. The van der Waals surface area contributed by atoms with Crippen molar-refractivity contribution in [3.8, 4) is 0 Å². The van der Waals surface area contributed by atoms with Crippen LogP contribution in [-0.2, 0) is 9.59 Å². The van der Waals surface area contributed by atoms with Crippen molar-refractivity contribution in [3.63, 3.8) is 0 Å². The van der Waals surface area contributed by atoms with Crippen molar-refractivity contribution in [1.29, 1.82) is 0 Å². The number of hydrogen-bond acceptors (Lipinski definition) is 4. The first-order valence-corrected chi connectivity index (χ1v) is 3.28. The monoisotopic (exact) mass is 274 g/mol. The van der Waals surface area contributed by atoms with E-state index in [2.05, 4.69) is 11.3 Å². The summed E-state index contributed by atoms with van der Waals surface area (Å²) in [5.41, 5.74) is 2.25. The van der Waals surface area contributed by atoms with E-state index in [1.165, 1.54) is 0 Å². The highest BCUT2D eigenvalue weighted by Crippen LogP contribution is 2.13. The van der Waals surface area contributed by atoms with Crippen molar-refractivity contribution in [1.82, 2.24) is 5.43 Å². The zero-order chi connectivity index (χ0) is 14.9. The Kier molecular flexibility index (Phi) is 10.5. The second-order valence-electron chi connectivity index (χ2n) is 1.89. The lowest BCUT2D eigenvalue weighted by molar-refractivity contribution is -0.193. The fourth-order valence-electron chi connectivity index (χ4n) is 0. The molecule has 5 N–H and O–H groups in total. The van der Waals surface area contributed by atoms with Crippen LogP contribution in [0.15, 0.2) is 0 Å². The third-order valence-electron chi connectivity index (χ3n) is 0.485. The molecule has 0 spiro atoms. The minimum Gasteiger partial charge on any atom is -0.475 e. The smallest absolute Gasteiger partial charge is 0.475 e. The van der Waals surface area contributed by atoms with E-state index in [9.17, 15) is 26.3 Å². The standard InChI is InChI=1S/2C2HF3O2.CH6N2/c2*3-2(4,5)1(6)7;1-3-2/h2*(H,6,7);3H,2H2,1H3. The van der Waals surface area contributed by atoms with Gasteiger partial charge in [0.2, 0.25) is 0 Å². The van der Waals surface area contributed by atoms with Crippen LogP contribution in [0.1, 0.15) is 0 Å². The van der Waals surface area contributed by atoms with Gasteiger partial charge in [-0.25, -0.2) is 9.59 Å². The molecule has 0 radical (unpaired) electrons. The normalized spacial score (nSPS) is 10.4. The molecule has 0 aliphatic rings. The van der Waals surface area contributed by atoms with Crippen LogP contribution in [-0.4, -0.2) is 41.6 Å². The molecule has 0 aromatic carbocycles. The topological polar surface area (TPSA) is 113 Å². The van der Waals surface area contributed by atoms with Crippen LogP contribution in [0.2, 0.25) is 0 Å². The van der Waals surface area contributed by atoms with Crippen LogP contribution in [0.4, 0.5) is 26.3 Å². The fourth-order valence-corrected chi connectivity index (χ4v) is 0. The van der Waals surface area contributed by atoms with Crippen LogP contribution in [0, 0.1) is 0 Å². The van der Waals surface area contributed by atoms with Gasteiger partial charge in [0.1, 0.15) is 0 Å². The van der Waals surface area contributed by atoms with Gasteiger partial charge in [0.15, 0.2) is 0 Å². The average Bonchev–Trinajstić information content (AvgIpc) is 2.02. The van der Waals surface area contributed by atoms with E-state index in [0.29, 0.717) is 0 Å². The summed E-state index contributed by atoms with van der Waals surface area (Å²) in [6, 6.07) is 0. The van der Waals surface area contributed by atoms with Gasteiger partial charge >= 0.3 is 24.3 Å². The minimum absolute atomic E-state index is 1.65. The Morgan fingerprint density at radius 2 is 1.00 bits per heavy atom. The lowest BCUT2D eigenvalue weighted by Gasteiger charge is -1.93. The quantitative estimate of drug-likeness (QED) is 0.288. The molecule has 0 aliphatic carbocycles. The van der Waals surface area contributed by atoms with Gasteiger partial charge in [0, 0.05) is 0 Å². The molecule has 0 rings (SSSR count). The van der Waals surface area contributed by atoms with E-state index in [4.69, 9.17) is 19.8 Å². The number of halogens is 6. The summed E-state index contributed by atoms with van der Waals surface area (Å²) < 4.78 is 63.5. The molecule has 104 valence electrons. The van der Waals surface area contributed by atoms with Crippen molar-refractivity contribution in [2.75, 3.05) is 7.05 Å². The van der Waals surface area contributed by atoms with Crippen molar-refractivity contribution in [3.05, 3.63) is 0 Å². The Morgan fingerprint density at radius 3 is 1.00 bits per heavy atom. The molecular weight excluding hydrogens is 266 g/mol. The van der Waals surface area contributed by atoms with E-state index < -0.39 is 24.3 Å². The third-order valence-corrected chi connectivity index (χ3v) is 0.485. The molecule has 0 aromatic heterocycles. The Hall–Kier alpha value is -1.56. The molecule has 0 amide bonds. The molecule has 6 nitrogen and oxygen atoms in total. The van der Waals surface area contributed by atoms with Crippen LogP contribution in [0.25, 0.3) is 0 Å². The number of nitrogens with two attached hydrogens (primary N) is 1. The van der Waals surface area contributed by atoms with Gasteiger partial charge in [0.05, 0.1) is 0 Å². The van der Waals surface area contributed by atoms with Crippen molar-refractivity contribution in [2.45, 2.75) is 12.4 Å². The highest BCUT2D eigenvalue weighted by molar-refractivity contribution is 5.73. The first-order valence-electron chi connectivity index (χ1n) is 3.28. The van der Waals surface area contributed by atoms with Gasteiger partial charge in [-0.2, -0.15) is 26.3 Å². The Balaban J connectivity index is -0.000000188. The number of nitrogens with one attached hydrogen (secondary N) is 1. The molecule has 0 fully saturated rings. The summed E-state index contributed by atoms with van der Waals surface area (Å²) in [5.74, 6) is -0.917. The van der Waals surface area contributed by atoms with Gasteiger partial charge in [-0.05, 0) is 7.05 Å². The summed E-state index contributed by atoms with van der Waals surface area (Å²) in [7, 11) is 1.65. The Bertz CT molecular complexity index is 214. The summed E-state index contributed by atoms with van der Waals surface area (Å²) in [4.78, 5) is 17.8. The molecule has 0 heterocycles. The molecule has 0 saturated carbocycles. The highest BCUT2D eigenvalue weighted by atomic mass is 19.4. The van der Waals surface area contributed by atoms with Crippen LogP contribution < -0.4 is 11.3 Å². The number of carboxylic acid groups (broad SMARTS) is 2. The number of rotatable bonds is 0. The van der Waals surface area contributed by atoms with Crippen LogP contribution in [0.5, 0.6) is 0 Å². The summed E-state index contributed by atoms with van der Waals surface area (Å²) in [5, 5.41) is 14.2. The zero-order valence-corrected chi connectivity index (χ0v) is 8.06. The minimum atomic E-state index is -5.08. The number of alkyl halides is 6. The number of carbonyl (C=O) groups is 2. The molecule has 0 saturated heterocycles. The molecular formula is C5H8F6N2O4. The summed E-state index contributed by atoms with van der Waals surface area (Å²) in [6.07, 6.45) is -10.2. The number of hydrazine groups is 1. The molecule has 12 heteroatoms. The first-order chi connectivity index (χ1) is 7.30. The summed E-state index contributed by atoms with van der Waals surface area (Å²) >= 11 is 0. The van der Waals surface area contributed by atoms with Gasteiger partial charge in [0.25, 0.3) is 0 Å². The first kappa shape index (κ1) is 20.8. The number of aliphatic carboxylic acids is 2. The molecule has 0 atom stereocenters. The Labute approximate surface area is 90.0 Å². The predicted octanol–water partition coefficient (Wildman–Crippen LogP) is 0.346. The second-order valence-corrected chi connectivity index (χ2v) is 1.89. The molecule has 0 bridgehead atoms. The van der Waals surface area contributed by atoms with E-state index >= 15 is 0 Å². The van der Waals surface area contributed by atoms with Gasteiger partial charge in [-0.15, -0.1) is 0 Å². The lowest BCUT2D eigenvalue weighted by atomic mass is 10.7. The van der Waals surface area contributed by atoms with Crippen molar-refractivity contribution in [2.24, 2.45) is 5.84 Å². The average molecular weight is 274 g/mol. The molecule has 17 heavy (non-hydrogen) atoms. The van der Waals surface area contributed by atoms with Crippen molar-refractivity contribution >= 4 is 11.9 Å². The van der Waals surface area contributed by atoms with E-state index in [1.54, 1.807) is 7.05 Å². The lowest BCUT2D eigenvalue weighted by Crippen LogP contribution is -2.21. The molecule has 0 unspecified atom stereocenters. The van der Waals surface area contributed by atoms with Gasteiger partial charge < -0.3 is 10.2 Å². The molecule has 0 aliphatic heterocycles. The Morgan fingerprint density at radius 1 is 0.941 bits per heavy atom. The fraction of sp³-hybridized carbons (Fsp3) is 0.600. The predicted molar refractivity (Wildman–Crippen MR) is 40.6 cm³/mol. The van der Waals surface area contributed by atoms with Gasteiger partial charge in [-0.1, -0.05) is 0 Å². The van der Waals surface area contributed by atoms with E-state index in [1.807, 2.05) is 0 Å². The third kappa shape index (κ3) is 20.5. The van der Waals surface area contributed by atoms with Crippen LogP contribution in [0.3, 0.4) is 0 Å². The van der Waals surface area contributed by atoms with Gasteiger partial charge in [-0.3, -0.25) is 11.3 Å². The molecule has 0 aromatic rings. The van der Waals surface area contributed by atoms with E-state index in [-0.39, 0.29) is 0 Å². The maximum Gasteiger partial charge on any atom is 0.490 e. The SMILES string of the molecule is CNN.O=C(O)C(F)(F)F.O=C(O)C(F)(F)F. The van der Waals surface area contributed by atoms with E-state index in [0.717, 1.165) is 0 Å². The highest BCUT2D eigenvalue weighted by Gasteiger charge is 2.38. The maximum absolute atomic E-state index is 10.6. The number of carboxylic acids is 2. The van der Waals surface area contributed by atoms with Crippen molar-refractivity contribution < 1.29 is 46.1 Å². The maximum atomic E-state index is 10.6. The summed E-state index contributed by atoms with van der Waals surface area (Å²) in [6.45, 7) is 0. The number of hydrogen-bond donors (Lipinski definition) is 4. The van der Waals surface area contributed by atoms with Crippen LogP contribution >= 0.6 is 0 Å². The second kappa shape index (κ2) is 8.58. The largest absolute Gasteiger partial charge is 0.490 e.